The molecule has 0 bridgehead atoms. The third kappa shape index (κ3) is 3.98. The highest BCUT2D eigenvalue weighted by atomic mass is 19.1. The summed E-state index contributed by atoms with van der Waals surface area (Å²) in [5.74, 6) is -0.153. The molecular formula is C20H31FN2O. The Labute approximate surface area is 145 Å². The number of likely N-dealkylation sites (tertiary alicyclic amines) is 2. The van der Waals surface area contributed by atoms with Gasteiger partial charge in [0.15, 0.2) is 0 Å². The molecule has 0 N–H and O–H groups in total. The lowest BCUT2D eigenvalue weighted by Crippen LogP contribution is -2.42. The minimum absolute atomic E-state index is 0.153. The molecule has 1 aromatic rings. The monoisotopic (exact) mass is 334 g/mol. The number of benzene rings is 1. The summed E-state index contributed by atoms with van der Waals surface area (Å²) in [5.41, 5.74) is 1.67. The number of methoxy groups -OCH3 is 1. The summed E-state index contributed by atoms with van der Waals surface area (Å²) in [5, 5.41) is 0. The van der Waals surface area contributed by atoms with Gasteiger partial charge in [0, 0.05) is 32.3 Å². The Morgan fingerprint density at radius 2 is 1.88 bits per heavy atom. The van der Waals surface area contributed by atoms with Crippen LogP contribution in [0, 0.1) is 11.2 Å². The Morgan fingerprint density at radius 3 is 2.46 bits per heavy atom. The van der Waals surface area contributed by atoms with Gasteiger partial charge in [0.05, 0.1) is 6.61 Å². The van der Waals surface area contributed by atoms with E-state index in [4.69, 9.17) is 4.74 Å². The summed E-state index contributed by atoms with van der Waals surface area (Å²) in [4.78, 5) is 5.15. The van der Waals surface area contributed by atoms with E-state index in [0.717, 1.165) is 26.2 Å². The van der Waals surface area contributed by atoms with Crippen molar-refractivity contribution in [3.63, 3.8) is 0 Å². The molecule has 1 spiro atoms. The van der Waals surface area contributed by atoms with Gasteiger partial charge in [0.2, 0.25) is 0 Å². The molecule has 0 aromatic heterocycles. The highest BCUT2D eigenvalue weighted by molar-refractivity contribution is 5.16. The smallest absolute Gasteiger partial charge is 0.123 e. The van der Waals surface area contributed by atoms with Gasteiger partial charge in [-0.2, -0.15) is 0 Å². The van der Waals surface area contributed by atoms with Gasteiger partial charge in [-0.25, -0.2) is 4.39 Å². The van der Waals surface area contributed by atoms with E-state index in [1.54, 1.807) is 12.1 Å². The van der Waals surface area contributed by atoms with Gasteiger partial charge in [-0.05, 0) is 69.3 Å². The number of rotatable bonds is 5. The van der Waals surface area contributed by atoms with Crippen molar-refractivity contribution in [3.8, 4) is 0 Å². The fourth-order valence-corrected chi connectivity index (χ4v) is 4.55. The van der Waals surface area contributed by atoms with Crippen LogP contribution >= 0.6 is 0 Å². The Balaban J connectivity index is 1.57. The Kier molecular flexibility index (Phi) is 5.58. The summed E-state index contributed by atoms with van der Waals surface area (Å²) < 4.78 is 18.5. The average Bonchev–Trinajstić information content (AvgIpc) is 2.91. The van der Waals surface area contributed by atoms with Crippen LogP contribution in [0.2, 0.25) is 0 Å². The van der Waals surface area contributed by atoms with Gasteiger partial charge in [0.25, 0.3) is 0 Å². The molecule has 134 valence electrons. The topological polar surface area (TPSA) is 15.7 Å². The second kappa shape index (κ2) is 7.51. The maximum Gasteiger partial charge on any atom is 0.123 e. The molecule has 2 saturated heterocycles. The molecular weight excluding hydrogens is 303 g/mol. The molecule has 1 atom stereocenters. The van der Waals surface area contributed by atoms with Gasteiger partial charge in [-0.15, -0.1) is 0 Å². The summed E-state index contributed by atoms with van der Waals surface area (Å²) in [6.07, 6.45) is 3.79. The van der Waals surface area contributed by atoms with Crippen molar-refractivity contribution in [1.29, 1.82) is 0 Å². The first-order chi connectivity index (χ1) is 11.5. The number of halogens is 1. The lowest BCUT2D eigenvalue weighted by Gasteiger charge is -2.39. The van der Waals surface area contributed by atoms with Crippen molar-refractivity contribution in [3.05, 3.63) is 35.6 Å². The molecule has 3 rings (SSSR count). The van der Waals surface area contributed by atoms with Crippen molar-refractivity contribution in [2.45, 2.75) is 51.7 Å². The molecule has 4 heteroatoms. The van der Waals surface area contributed by atoms with Crippen LogP contribution in [0.3, 0.4) is 0 Å². The summed E-state index contributed by atoms with van der Waals surface area (Å²) in [7, 11) is 1.81. The van der Waals surface area contributed by atoms with Crippen molar-refractivity contribution in [2.75, 3.05) is 33.4 Å². The Bertz CT molecular complexity index is 523. The van der Waals surface area contributed by atoms with E-state index >= 15 is 0 Å². The standard InChI is InChI=1S/C20H31FN2O/c1-16(2)23-15-20(12-19(23)14-24-3)8-10-22(11-9-20)13-17-4-6-18(21)7-5-17/h4-7,16,19H,8-15H2,1-3H3. The van der Waals surface area contributed by atoms with Crippen LogP contribution in [0.15, 0.2) is 24.3 Å². The minimum Gasteiger partial charge on any atom is -0.383 e. The van der Waals surface area contributed by atoms with E-state index in [1.165, 1.54) is 31.4 Å². The lowest BCUT2D eigenvalue weighted by molar-refractivity contribution is 0.0915. The Morgan fingerprint density at radius 1 is 1.21 bits per heavy atom. The average molecular weight is 334 g/mol. The van der Waals surface area contributed by atoms with E-state index in [9.17, 15) is 4.39 Å². The van der Waals surface area contributed by atoms with E-state index in [0.29, 0.717) is 17.5 Å². The van der Waals surface area contributed by atoms with Crippen molar-refractivity contribution in [2.24, 2.45) is 5.41 Å². The zero-order valence-electron chi connectivity index (χ0n) is 15.3. The molecule has 2 aliphatic rings. The maximum atomic E-state index is 13.0. The quantitative estimate of drug-likeness (QED) is 0.819. The number of hydrogen-bond donors (Lipinski definition) is 0. The first kappa shape index (κ1) is 17.8. The van der Waals surface area contributed by atoms with Gasteiger partial charge in [0.1, 0.15) is 5.82 Å². The lowest BCUT2D eigenvalue weighted by atomic mass is 9.76. The van der Waals surface area contributed by atoms with Crippen LogP contribution in [0.4, 0.5) is 4.39 Å². The van der Waals surface area contributed by atoms with E-state index in [1.807, 2.05) is 19.2 Å². The van der Waals surface area contributed by atoms with Gasteiger partial charge in [-0.3, -0.25) is 9.80 Å². The number of piperidine rings is 1. The maximum absolute atomic E-state index is 13.0. The van der Waals surface area contributed by atoms with Crippen molar-refractivity contribution >= 4 is 0 Å². The predicted molar refractivity (Wildman–Crippen MR) is 95.5 cm³/mol. The van der Waals surface area contributed by atoms with Gasteiger partial charge in [-0.1, -0.05) is 12.1 Å². The second-order valence-electron chi connectivity index (χ2n) is 7.98. The Hall–Kier alpha value is -0.970. The molecule has 2 aliphatic heterocycles. The SMILES string of the molecule is COCC1CC2(CCN(Cc3ccc(F)cc3)CC2)CN1C(C)C. The third-order valence-electron chi connectivity index (χ3n) is 5.91. The van der Waals surface area contributed by atoms with Crippen LogP contribution in [-0.2, 0) is 11.3 Å². The highest BCUT2D eigenvalue weighted by Crippen LogP contribution is 2.44. The first-order valence-electron chi connectivity index (χ1n) is 9.23. The summed E-state index contributed by atoms with van der Waals surface area (Å²) in [6.45, 7) is 9.87. The molecule has 1 unspecified atom stereocenters. The minimum atomic E-state index is -0.153. The van der Waals surface area contributed by atoms with E-state index in [2.05, 4.69) is 23.6 Å². The highest BCUT2D eigenvalue weighted by Gasteiger charge is 2.45. The zero-order chi connectivity index (χ0) is 17.2. The van der Waals surface area contributed by atoms with Crippen molar-refractivity contribution < 1.29 is 9.13 Å². The van der Waals surface area contributed by atoms with Crippen LogP contribution in [0.5, 0.6) is 0 Å². The fourth-order valence-electron chi connectivity index (χ4n) is 4.55. The number of ether oxygens (including phenoxy) is 1. The molecule has 24 heavy (non-hydrogen) atoms. The molecule has 0 saturated carbocycles. The van der Waals surface area contributed by atoms with Gasteiger partial charge < -0.3 is 4.74 Å². The zero-order valence-corrected chi connectivity index (χ0v) is 15.3. The van der Waals surface area contributed by atoms with Gasteiger partial charge >= 0.3 is 0 Å². The number of nitrogens with zero attached hydrogens (tertiary/aromatic N) is 2. The van der Waals surface area contributed by atoms with E-state index in [-0.39, 0.29) is 5.82 Å². The molecule has 3 nitrogen and oxygen atoms in total. The first-order valence-corrected chi connectivity index (χ1v) is 9.23. The normalized spacial score (nSPS) is 25.0. The van der Waals surface area contributed by atoms with E-state index < -0.39 is 0 Å². The number of hydrogen-bond acceptors (Lipinski definition) is 3. The predicted octanol–water partition coefficient (Wildman–Crippen LogP) is 3.54. The second-order valence-corrected chi connectivity index (χ2v) is 7.98. The fraction of sp³-hybridized carbons (Fsp3) is 0.700. The van der Waals surface area contributed by atoms with Crippen LogP contribution in [0.25, 0.3) is 0 Å². The molecule has 1 aromatic carbocycles. The van der Waals surface area contributed by atoms with Crippen LogP contribution < -0.4 is 0 Å². The van der Waals surface area contributed by atoms with Crippen molar-refractivity contribution in [1.82, 2.24) is 9.80 Å². The summed E-state index contributed by atoms with van der Waals surface area (Å²) >= 11 is 0. The molecule has 0 radical (unpaired) electrons. The molecule has 0 aliphatic carbocycles. The summed E-state index contributed by atoms with van der Waals surface area (Å²) in [6, 6.07) is 8.09. The third-order valence-corrected chi connectivity index (χ3v) is 5.91. The molecule has 0 amide bonds. The van der Waals surface area contributed by atoms with Crippen LogP contribution in [0.1, 0.15) is 38.7 Å². The molecule has 2 heterocycles. The van der Waals surface area contributed by atoms with Crippen LogP contribution in [-0.4, -0.2) is 55.2 Å². The molecule has 2 fully saturated rings. The largest absolute Gasteiger partial charge is 0.383 e.